The SMILES string of the molecule is C=CCN(C(CC(C)C)OC(=O)OC)[P+](=O)N(CC=C)[C@@H](CC(C)C)C(=O)OC. The Kier molecular flexibility index (Phi) is 13.4. The van der Waals surface area contributed by atoms with Gasteiger partial charge in [0.2, 0.25) is 6.23 Å². The lowest BCUT2D eigenvalue weighted by Crippen LogP contribution is -2.44. The molecule has 0 fully saturated rings. The third-order valence-corrected chi connectivity index (χ3v) is 5.75. The van der Waals surface area contributed by atoms with Crippen LogP contribution in [0.15, 0.2) is 25.3 Å². The first kappa shape index (κ1) is 27.2. The Balaban J connectivity index is 6.04. The lowest BCUT2D eigenvalue weighted by molar-refractivity contribution is -0.145. The van der Waals surface area contributed by atoms with Crippen molar-refractivity contribution < 1.29 is 28.4 Å². The normalized spacial score (nSPS) is 13.9. The van der Waals surface area contributed by atoms with Crippen molar-refractivity contribution in [2.75, 3.05) is 27.3 Å². The molecule has 0 aliphatic heterocycles. The molecule has 2 unspecified atom stereocenters. The molecule has 0 aromatic carbocycles. The molecule has 0 aromatic heterocycles. The van der Waals surface area contributed by atoms with E-state index in [1.54, 1.807) is 12.2 Å². The third kappa shape index (κ3) is 9.52. The lowest BCUT2D eigenvalue weighted by Gasteiger charge is -2.27. The van der Waals surface area contributed by atoms with E-state index in [2.05, 4.69) is 17.9 Å². The second kappa shape index (κ2) is 14.3. The van der Waals surface area contributed by atoms with Gasteiger partial charge in [0.1, 0.15) is 0 Å². The summed E-state index contributed by atoms with van der Waals surface area (Å²) in [5.41, 5.74) is 0. The Hall–Kier alpha value is -1.76. The van der Waals surface area contributed by atoms with Crippen LogP contribution in [0.1, 0.15) is 40.5 Å². The smallest absolute Gasteiger partial charge is 0.468 e. The average Bonchev–Trinajstić information content (AvgIpc) is 2.66. The van der Waals surface area contributed by atoms with Crippen LogP contribution in [0.25, 0.3) is 0 Å². The van der Waals surface area contributed by atoms with Crippen molar-refractivity contribution in [1.29, 1.82) is 0 Å². The number of esters is 1. The molecule has 9 heteroatoms. The Morgan fingerprint density at radius 1 is 0.931 bits per heavy atom. The molecule has 0 radical (unpaired) electrons. The molecule has 0 bridgehead atoms. The number of ether oxygens (including phenoxy) is 3. The minimum atomic E-state index is -2.29. The van der Waals surface area contributed by atoms with Crippen LogP contribution >= 0.6 is 8.10 Å². The minimum Gasteiger partial charge on any atom is -0.468 e. The molecule has 0 aliphatic rings. The number of carbonyl (C=O) groups is 2. The summed E-state index contributed by atoms with van der Waals surface area (Å²) in [5.74, 6) is -0.155. The highest BCUT2D eigenvalue weighted by molar-refractivity contribution is 7.39. The van der Waals surface area contributed by atoms with Gasteiger partial charge in [-0.3, -0.25) is 4.79 Å². The maximum Gasteiger partial charge on any atom is 0.542 e. The van der Waals surface area contributed by atoms with Gasteiger partial charge in [0, 0.05) is 6.42 Å². The molecule has 0 spiro atoms. The van der Waals surface area contributed by atoms with Gasteiger partial charge in [-0.15, -0.1) is 13.2 Å². The summed E-state index contributed by atoms with van der Waals surface area (Å²) >= 11 is 0. The number of hydrogen-bond acceptors (Lipinski definition) is 6. The molecule has 0 heterocycles. The highest BCUT2D eigenvalue weighted by Gasteiger charge is 2.47. The summed E-state index contributed by atoms with van der Waals surface area (Å²) in [5, 5.41) is 0. The largest absolute Gasteiger partial charge is 0.542 e. The highest BCUT2D eigenvalue weighted by atomic mass is 31.1. The monoisotopic (exact) mass is 431 g/mol. The topological polar surface area (TPSA) is 85.4 Å². The van der Waals surface area contributed by atoms with E-state index >= 15 is 0 Å². The number of hydrogen-bond donors (Lipinski definition) is 0. The van der Waals surface area contributed by atoms with E-state index in [0.717, 1.165) is 0 Å². The average molecular weight is 431 g/mol. The van der Waals surface area contributed by atoms with E-state index in [9.17, 15) is 14.2 Å². The molecule has 0 saturated heterocycles. The van der Waals surface area contributed by atoms with Crippen LogP contribution in [0.3, 0.4) is 0 Å². The predicted molar refractivity (Wildman–Crippen MR) is 113 cm³/mol. The molecule has 0 aromatic rings. The van der Waals surface area contributed by atoms with E-state index < -0.39 is 32.5 Å². The van der Waals surface area contributed by atoms with Crippen LogP contribution in [0.4, 0.5) is 4.79 Å². The van der Waals surface area contributed by atoms with Gasteiger partial charge in [0.15, 0.2) is 6.04 Å². The molecular weight excluding hydrogens is 395 g/mol. The van der Waals surface area contributed by atoms with Crippen LogP contribution in [-0.2, 0) is 23.6 Å². The Morgan fingerprint density at radius 3 is 1.86 bits per heavy atom. The van der Waals surface area contributed by atoms with Crippen LogP contribution < -0.4 is 0 Å². The van der Waals surface area contributed by atoms with Crippen LogP contribution in [0, 0.1) is 11.8 Å². The lowest BCUT2D eigenvalue weighted by atomic mass is 10.0. The first-order valence-corrected chi connectivity index (χ1v) is 10.8. The summed E-state index contributed by atoms with van der Waals surface area (Å²) in [6.07, 6.45) is 2.36. The molecule has 0 saturated carbocycles. The third-order valence-electron chi connectivity index (χ3n) is 4.00. The molecular formula is C20H36N2O6P+. The van der Waals surface area contributed by atoms with Crippen molar-refractivity contribution in [1.82, 2.24) is 9.34 Å². The van der Waals surface area contributed by atoms with Gasteiger partial charge in [0.05, 0.1) is 27.3 Å². The molecule has 0 rings (SSSR count). The van der Waals surface area contributed by atoms with Gasteiger partial charge in [-0.05, 0) is 27.5 Å². The molecule has 166 valence electrons. The maximum absolute atomic E-state index is 13.6. The number of nitrogens with zero attached hydrogens (tertiary/aromatic N) is 2. The van der Waals surface area contributed by atoms with Gasteiger partial charge in [-0.1, -0.05) is 44.5 Å². The first-order chi connectivity index (χ1) is 13.6. The quantitative estimate of drug-likeness (QED) is 0.174. The number of rotatable bonds is 14. The zero-order valence-corrected chi connectivity index (χ0v) is 19.4. The van der Waals surface area contributed by atoms with Crippen molar-refractivity contribution >= 4 is 20.2 Å². The summed E-state index contributed by atoms with van der Waals surface area (Å²) in [7, 11) is 0.226. The Morgan fingerprint density at radius 2 is 1.45 bits per heavy atom. The van der Waals surface area contributed by atoms with Crippen LogP contribution in [0.2, 0.25) is 0 Å². The summed E-state index contributed by atoms with van der Waals surface area (Å²) < 4.78 is 31.6. The second-order valence-electron chi connectivity index (χ2n) is 7.40. The van der Waals surface area contributed by atoms with E-state index in [0.29, 0.717) is 12.8 Å². The van der Waals surface area contributed by atoms with Crippen LogP contribution in [-0.4, -0.2) is 61.0 Å². The van der Waals surface area contributed by atoms with Gasteiger partial charge < -0.3 is 14.2 Å². The van der Waals surface area contributed by atoms with E-state index in [-0.39, 0.29) is 24.9 Å². The van der Waals surface area contributed by atoms with Crippen LogP contribution in [0.5, 0.6) is 0 Å². The first-order valence-electron chi connectivity index (χ1n) is 9.67. The maximum atomic E-state index is 13.6. The summed E-state index contributed by atoms with van der Waals surface area (Å²) in [6.45, 7) is 15.7. The Bertz CT molecular complexity index is 567. The highest BCUT2D eigenvalue weighted by Crippen LogP contribution is 2.39. The van der Waals surface area contributed by atoms with Gasteiger partial charge >= 0.3 is 20.2 Å². The van der Waals surface area contributed by atoms with Crippen molar-refractivity contribution in [3.8, 4) is 0 Å². The second-order valence-corrected chi connectivity index (χ2v) is 8.93. The molecule has 8 nitrogen and oxygen atoms in total. The fraction of sp³-hybridized carbons (Fsp3) is 0.700. The van der Waals surface area contributed by atoms with Crippen molar-refractivity contribution in [2.45, 2.75) is 52.8 Å². The van der Waals surface area contributed by atoms with E-state index in [4.69, 9.17) is 9.47 Å². The van der Waals surface area contributed by atoms with Gasteiger partial charge in [-0.2, -0.15) is 0 Å². The standard InChI is InChI=1S/C20H36N2O6P/c1-9-11-21(17(13-15(3)4)19(23)26-7)29(25)22(12-10-2)18(14-16(5)6)28-20(24)27-8/h9-10,15-18H,1-2,11-14H2,3-8H3/q+1/t17-,18?/m0/s1. The summed E-state index contributed by atoms with van der Waals surface area (Å²) in [4.78, 5) is 24.2. The minimum absolute atomic E-state index is 0.153. The zero-order chi connectivity index (χ0) is 22.6. The van der Waals surface area contributed by atoms with E-state index in [1.807, 2.05) is 27.7 Å². The molecule has 0 aliphatic carbocycles. The van der Waals surface area contributed by atoms with Crippen molar-refractivity contribution in [3.63, 3.8) is 0 Å². The predicted octanol–water partition coefficient (Wildman–Crippen LogP) is 4.36. The molecule has 29 heavy (non-hydrogen) atoms. The molecule has 0 N–H and O–H groups in total. The summed E-state index contributed by atoms with van der Waals surface area (Å²) in [6, 6.07) is -0.730. The fourth-order valence-electron chi connectivity index (χ4n) is 2.74. The number of methoxy groups -OCH3 is 2. The van der Waals surface area contributed by atoms with Gasteiger partial charge in [0.25, 0.3) is 0 Å². The van der Waals surface area contributed by atoms with Crippen molar-refractivity contribution in [2.24, 2.45) is 11.8 Å². The molecule has 3 atom stereocenters. The van der Waals surface area contributed by atoms with Crippen molar-refractivity contribution in [3.05, 3.63) is 25.3 Å². The fourth-order valence-corrected chi connectivity index (χ4v) is 4.34. The van der Waals surface area contributed by atoms with Gasteiger partial charge in [-0.25, -0.2) is 4.79 Å². The number of carbonyl (C=O) groups excluding carboxylic acids is 2. The Labute approximate surface area is 175 Å². The molecule has 0 amide bonds. The zero-order valence-electron chi connectivity index (χ0n) is 18.5. The van der Waals surface area contributed by atoms with E-state index in [1.165, 1.54) is 23.6 Å².